The van der Waals surface area contributed by atoms with Crippen LogP contribution in [0.2, 0.25) is 0 Å². The summed E-state index contributed by atoms with van der Waals surface area (Å²) in [7, 11) is 0. The van der Waals surface area contributed by atoms with Crippen LogP contribution in [0.1, 0.15) is 6.42 Å². The van der Waals surface area contributed by atoms with Gasteiger partial charge in [-0.25, -0.2) is 5.06 Å². The molecule has 0 amide bonds. The van der Waals surface area contributed by atoms with Gasteiger partial charge in [0.05, 0.1) is 19.2 Å². The van der Waals surface area contributed by atoms with Gasteiger partial charge in [-0.2, -0.15) is 0 Å². The third kappa shape index (κ3) is 0.448. The van der Waals surface area contributed by atoms with Gasteiger partial charge in [-0.15, -0.1) is 0 Å². The van der Waals surface area contributed by atoms with Crippen LogP contribution in [-0.2, 0) is 4.84 Å². The van der Waals surface area contributed by atoms with Gasteiger partial charge in [-0.1, -0.05) is 0 Å². The van der Waals surface area contributed by atoms with Crippen molar-refractivity contribution in [3.05, 3.63) is 0 Å². The van der Waals surface area contributed by atoms with Gasteiger partial charge in [-0.3, -0.25) is 9.83 Å². The van der Waals surface area contributed by atoms with Crippen molar-refractivity contribution in [3.63, 3.8) is 0 Å². The fourth-order valence-electron chi connectivity index (χ4n) is 1.08. The Bertz CT molecular complexity index is 124. The molecule has 0 aliphatic carbocycles. The molecule has 1 atom stereocenters. The Morgan fingerprint density at radius 2 is 2.75 bits per heavy atom. The first-order valence-electron chi connectivity index (χ1n) is 2.88. The summed E-state index contributed by atoms with van der Waals surface area (Å²) in [5.41, 5.74) is 0. The number of aliphatic imine (C=N–C) groups is 1. The molecule has 1 fully saturated rings. The number of fused-ring (bicyclic) bond motifs is 1. The highest BCUT2D eigenvalue weighted by Crippen LogP contribution is 2.15. The molecule has 0 saturated carbocycles. The van der Waals surface area contributed by atoms with Crippen LogP contribution in [-0.4, -0.2) is 30.6 Å². The van der Waals surface area contributed by atoms with E-state index in [2.05, 4.69) is 4.99 Å². The fraction of sp³-hybridized carbons (Fsp3) is 0.800. The van der Waals surface area contributed by atoms with Gasteiger partial charge in [0.2, 0.25) is 0 Å². The normalized spacial score (nSPS) is 34.0. The highest BCUT2D eigenvalue weighted by Gasteiger charge is 2.26. The van der Waals surface area contributed by atoms with E-state index in [1.165, 1.54) is 0 Å². The summed E-state index contributed by atoms with van der Waals surface area (Å²) in [6.07, 6.45) is 2.91. The van der Waals surface area contributed by atoms with Crippen molar-refractivity contribution in [1.82, 2.24) is 5.06 Å². The van der Waals surface area contributed by atoms with E-state index in [1.54, 1.807) is 6.34 Å². The minimum atomic E-state index is 0.565. The first-order valence-corrected chi connectivity index (χ1v) is 2.88. The molecule has 8 heavy (non-hydrogen) atoms. The molecule has 2 aliphatic heterocycles. The summed E-state index contributed by atoms with van der Waals surface area (Å²) < 4.78 is 0. The zero-order valence-electron chi connectivity index (χ0n) is 4.58. The van der Waals surface area contributed by atoms with E-state index >= 15 is 0 Å². The number of hydrogen-bond acceptors (Lipinski definition) is 3. The second-order valence-corrected chi connectivity index (χ2v) is 2.12. The van der Waals surface area contributed by atoms with Crippen molar-refractivity contribution in [2.24, 2.45) is 4.99 Å². The molecular weight excluding hydrogens is 104 g/mol. The number of hydrogen-bond donors (Lipinski definition) is 0. The Balaban J connectivity index is 2.13. The highest BCUT2D eigenvalue weighted by molar-refractivity contribution is 5.56. The van der Waals surface area contributed by atoms with Gasteiger partial charge in [0.1, 0.15) is 6.34 Å². The van der Waals surface area contributed by atoms with E-state index in [-0.39, 0.29) is 0 Å². The zero-order chi connectivity index (χ0) is 5.40. The van der Waals surface area contributed by atoms with Gasteiger partial charge in [-0.05, 0) is 6.42 Å². The van der Waals surface area contributed by atoms with Gasteiger partial charge < -0.3 is 0 Å². The minimum Gasteiger partial charge on any atom is -0.272 e. The summed E-state index contributed by atoms with van der Waals surface area (Å²) >= 11 is 0. The molecule has 0 aromatic carbocycles. The van der Waals surface area contributed by atoms with E-state index in [4.69, 9.17) is 4.84 Å². The lowest BCUT2D eigenvalue weighted by molar-refractivity contribution is -0.0517. The summed E-state index contributed by atoms with van der Waals surface area (Å²) in [4.78, 5) is 9.20. The average molecular weight is 112 g/mol. The van der Waals surface area contributed by atoms with E-state index in [0.29, 0.717) is 6.04 Å². The highest BCUT2D eigenvalue weighted by atomic mass is 16.7. The van der Waals surface area contributed by atoms with Crippen molar-refractivity contribution in [1.29, 1.82) is 0 Å². The fourth-order valence-corrected chi connectivity index (χ4v) is 1.08. The lowest BCUT2D eigenvalue weighted by Crippen LogP contribution is -2.22. The Kier molecular flexibility index (Phi) is 0.784. The van der Waals surface area contributed by atoms with Crippen LogP contribution in [0.4, 0.5) is 0 Å². The maximum absolute atomic E-state index is 5.16. The predicted molar refractivity (Wildman–Crippen MR) is 29.6 cm³/mol. The van der Waals surface area contributed by atoms with Crippen LogP contribution in [0.5, 0.6) is 0 Å². The van der Waals surface area contributed by atoms with Gasteiger partial charge in [0.15, 0.2) is 0 Å². The molecule has 1 saturated heterocycles. The van der Waals surface area contributed by atoms with Crippen LogP contribution in [0.3, 0.4) is 0 Å². The maximum atomic E-state index is 5.16. The first kappa shape index (κ1) is 4.32. The summed E-state index contributed by atoms with van der Waals surface area (Å²) in [5, 5.41) is 1.85. The molecule has 2 heterocycles. The molecule has 0 aromatic rings. The molecule has 1 unspecified atom stereocenters. The molecule has 0 aromatic heterocycles. The maximum Gasteiger partial charge on any atom is 0.111 e. The summed E-state index contributed by atoms with van der Waals surface area (Å²) in [5.74, 6) is 0. The van der Waals surface area contributed by atoms with Crippen LogP contribution < -0.4 is 0 Å². The molecule has 2 aliphatic rings. The van der Waals surface area contributed by atoms with Crippen LogP contribution in [0.25, 0.3) is 0 Å². The molecule has 0 bridgehead atoms. The van der Waals surface area contributed by atoms with E-state index in [9.17, 15) is 0 Å². The van der Waals surface area contributed by atoms with E-state index in [0.717, 1.165) is 19.6 Å². The third-order valence-electron chi connectivity index (χ3n) is 1.56. The second kappa shape index (κ2) is 1.45. The number of nitrogens with zero attached hydrogens (tertiary/aromatic N) is 2. The molecule has 0 radical (unpaired) electrons. The Morgan fingerprint density at radius 3 is 3.62 bits per heavy atom. The molecule has 3 heteroatoms. The summed E-state index contributed by atoms with van der Waals surface area (Å²) in [6, 6.07) is 0.565. The topological polar surface area (TPSA) is 24.8 Å². The average Bonchev–Trinajstić information content (AvgIpc) is 2.15. The Morgan fingerprint density at radius 1 is 1.75 bits per heavy atom. The predicted octanol–water partition coefficient (Wildman–Crippen LogP) is 0.0342. The summed E-state index contributed by atoms with van der Waals surface area (Å²) in [6.45, 7) is 1.80. The van der Waals surface area contributed by atoms with Crippen LogP contribution >= 0.6 is 0 Å². The number of rotatable bonds is 0. The molecule has 2 rings (SSSR count). The molecular formula is C5H8N2O. The minimum absolute atomic E-state index is 0.565. The van der Waals surface area contributed by atoms with Gasteiger partial charge >= 0.3 is 0 Å². The lowest BCUT2D eigenvalue weighted by Gasteiger charge is -2.09. The first-order chi connectivity index (χ1) is 3.97. The Labute approximate surface area is 47.9 Å². The Hall–Kier alpha value is -0.570. The van der Waals surface area contributed by atoms with Crippen molar-refractivity contribution < 1.29 is 4.84 Å². The SMILES string of the molecule is C1=NCC2CCON12. The quantitative estimate of drug-likeness (QED) is 0.442. The van der Waals surface area contributed by atoms with Crippen LogP contribution in [0, 0.1) is 0 Å². The smallest absolute Gasteiger partial charge is 0.111 e. The van der Waals surface area contributed by atoms with E-state index < -0.39 is 0 Å². The second-order valence-electron chi connectivity index (χ2n) is 2.12. The van der Waals surface area contributed by atoms with Crippen molar-refractivity contribution in [2.75, 3.05) is 13.2 Å². The lowest BCUT2D eigenvalue weighted by atomic mass is 10.2. The van der Waals surface area contributed by atoms with Crippen LogP contribution in [0.15, 0.2) is 4.99 Å². The van der Waals surface area contributed by atoms with Crippen molar-refractivity contribution in [2.45, 2.75) is 12.5 Å². The molecule has 0 spiro atoms. The monoisotopic (exact) mass is 112 g/mol. The standard InChI is InChI=1S/C5H8N2O/c1-2-8-7-4-6-3-5(1)7/h4-5H,1-3H2. The largest absolute Gasteiger partial charge is 0.272 e. The van der Waals surface area contributed by atoms with Gasteiger partial charge in [0.25, 0.3) is 0 Å². The van der Waals surface area contributed by atoms with Crippen molar-refractivity contribution in [3.8, 4) is 0 Å². The third-order valence-corrected chi connectivity index (χ3v) is 1.56. The van der Waals surface area contributed by atoms with E-state index in [1.807, 2.05) is 5.06 Å². The molecule has 0 N–H and O–H groups in total. The van der Waals surface area contributed by atoms with Gasteiger partial charge in [0, 0.05) is 0 Å². The molecule has 3 nitrogen and oxygen atoms in total. The number of hydroxylamine groups is 2. The zero-order valence-corrected chi connectivity index (χ0v) is 4.58. The molecule has 44 valence electrons. The van der Waals surface area contributed by atoms with Crippen molar-refractivity contribution >= 4 is 6.34 Å².